The fourth-order valence-corrected chi connectivity index (χ4v) is 2.10. The van der Waals surface area contributed by atoms with Crippen molar-refractivity contribution in [3.05, 3.63) is 28.3 Å². The third-order valence-electron chi connectivity index (χ3n) is 2.49. The molecular formula is C11H17ClN2O3S. The molecule has 0 bridgehead atoms. The molecule has 1 N–H and O–H groups in total. The molecule has 102 valence electrons. The maximum absolute atomic E-state index is 11.6. The van der Waals surface area contributed by atoms with E-state index in [9.17, 15) is 8.42 Å². The highest BCUT2D eigenvalue weighted by Crippen LogP contribution is 2.26. The Morgan fingerprint density at radius 1 is 1.39 bits per heavy atom. The van der Waals surface area contributed by atoms with Crippen LogP contribution in [0, 0.1) is 6.92 Å². The summed E-state index contributed by atoms with van der Waals surface area (Å²) in [5.41, 5.74) is 1.58. The Bertz CT molecular complexity index is 529. The van der Waals surface area contributed by atoms with Crippen LogP contribution in [-0.4, -0.2) is 33.9 Å². The maximum atomic E-state index is 11.6. The van der Waals surface area contributed by atoms with Crippen LogP contribution in [0.2, 0.25) is 5.02 Å². The summed E-state index contributed by atoms with van der Waals surface area (Å²) in [4.78, 5) is 0. The summed E-state index contributed by atoms with van der Waals surface area (Å²) in [6.45, 7) is 1.99. The Morgan fingerprint density at radius 3 is 2.50 bits per heavy atom. The summed E-state index contributed by atoms with van der Waals surface area (Å²) in [6.07, 6.45) is 0. The van der Waals surface area contributed by atoms with Gasteiger partial charge in [-0.3, -0.25) is 0 Å². The first-order valence-electron chi connectivity index (χ1n) is 5.28. The molecule has 1 rings (SSSR count). The van der Waals surface area contributed by atoms with Gasteiger partial charge in [0.1, 0.15) is 5.75 Å². The minimum atomic E-state index is -3.46. The molecule has 7 heteroatoms. The summed E-state index contributed by atoms with van der Waals surface area (Å²) in [5.74, 6) is 0.610. The lowest BCUT2D eigenvalue weighted by Crippen LogP contribution is -2.35. The highest BCUT2D eigenvalue weighted by Gasteiger charge is 2.14. The van der Waals surface area contributed by atoms with Gasteiger partial charge in [0.05, 0.1) is 7.11 Å². The number of aryl methyl sites for hydroxylation is 1. The molecule has 1 aromatic carbocycles. The number of hydrogen-bond donors (Lipinski definition) is 1. The van der Waals surface area contributed by atoms with Crippen LogP contribution >= 0.6 is 11.6 Å². The molecule has 0 heterocycles. The van der Waals surface area contributed by atoms with Crippen molar-refractivity contribution in [2.45, 2.75) is 13.5 Å². The smallest absolute Gasteiger partial charge is 0.279 e. The SMILES string of the molecule is COc1cc(C)c(Cl)cc1CNS(=O)(=O)N(C)C. The third-order valence-corrected chi connectivity index (χ3v) is 4.37. The molecule has 0 aliphatic rings. The average molecular weight is 293 g/mol. The van der Waals surface area contributed by atoms with E-state index in [0.29, 0.717) is 16.3 Å². The van der Waals surface area contributed by atoms with Crippen LogP contribution in [0.25, 0.3) is 0 Å². The quantitative estimate of drug-likeness (QED) is 0.896. The Kier molecular flexibility index (Phi) is 4.98. The van der Waals surface area contributed by atoms with Crippen LogP contribution in [0.15, 0.2) is 12.1 Å². The zero-order chi connectivity index (χ0) is 13.9. The summed E-state index contributed by atoms with van der Waals surface area (Å²) in [7, 11) is 0.995. The molecule has 5 nitrogen and oxygen atoms in total. The molecule has 0 saturated carbocycles. The molecule has 1 aromatic rings. The van der Waals surface area contributed by atoms with E-state index in [0.717, 1.165) is 9.87 Å². The monoisotopic (exact) mass is 292 g/mol. The number of hydrogen-bond acceptors (Lipinski definition) is 3. The van der Waals surface area contributed by atoms with Crippen molar-refractivity contribution in [1.29, 1.82) is 0 Å². The van der Waals surface area contributed by atoms with Crippen LogP contribution in [-0.2, 0) is 16.8 Å². The average Bonchev–Trinajstić information content (AvgIpc) is 2.30. The Hall–Kier alpha value is -0.820. The minimum absolute atomic E-state index is 0.129. The van der Waals surface area contributed by atoms with Crippen LogP contribution < -0.4 is 9.46 Å². The highest BCUT2D eigenvalue weighted by molar-refractivity contribution is 7.87. The van der Waals surface area contributed by atoms with Gasteiger partial charge in [0.2, 0.25) is 0 Å². The first-order chi connectivity index (χ1) is 8.27. The van der Waals surface area contributed by atoms with Gasteiger partial charge < -0.3 is 4.74 Å². The van der Waals surface area contributed by atoms with Crippen LogP contribution in [0.5, 0.6) is 5.75 Å². The van der Waals surface area contributed by atoms with E-state index < -0.39 is 10.2 Å². The van der Waals surface area contributed by atoms with Crippen molar-refractivity contribution >= 4 is 21.8 Å². The van der Waals surface area contributed by atoms with Crippen molar-refractivity contribution < 1.29 is 13.2 Å². The number of nitrogens with zero attached hydrogens (tertiary/aromatic N) is 1. The fourth-order valence-electron chi connectivity index (χ4n) is 1.32. The van der Waals surface area contributed by atoms with Gasteiger partial charge in [-0.15, -0.1) is 0 Å². The normalized spacial score (nSPS) is 11.9. The lowest BCUT2D eigenvalue weighted by molar-refractivity contribution is 0.408. The molecule has 0 radical (unpaired) electrons. The van der Waals surface area contributed by atoms with Gasteiger partial charge in [-0.2, -0.15) is 17.4 Å². The second kappa shape index (κ2) is 5.88. The van der Waals surface area contributed by atoms with E-state index in [1.54, 1.807) is 12.1 Å². The number of rotatable bonds is 5. The van der Waals surface area contributed by atoms with Gasteiger partial charge in [0.15, 0.2) is 0 Å². The molecule has 0 saturated heterocycles. The maximum Gasteiger partial charge on any atom is 0.279 e. The van der Waals surface area contributed by atoms with E-state index in [1.165, 1.54) is 21.2 Å². The van der Waals surface area contributed by atoms with Gasteiger partial charge >= 0.3 is 0 Å². The van der Waals surface area contributed by atoms with Crippen LogP contribution in [0.1, 0.15) is 11.1 Å². The largest absolute Gasteiger partial charge is 0.496 e. The molecule has 0 atom stereocenters. The zero-order valence-electron chi connectivity index (χ0n) is 10.8. The first-order valence-corrected chi connectivity index (χ1v) is 7.10. The lowest BCUT2D eigenvalue weighted by atomic mass is 10.1. The van der Waals surface area contributed by atoms with E-state index in [1.807, 2.05) is 6.92 Å². The number of halogens is 1. The molecule has 0 amide bonds. The second-order valence-corrected chi connectivity index (χ2v) is 6.40. The van der Waals surface area contributed by atoms with E-state index >= 15 is 0 Å². The minimum Gasteiger partial charge on any atom is -0.496 e. The van der Waals surface area contributed by atoms with Gasteiger partial charge in [-0.05, 0) is 24.6 Å². The van der Waals surface area contributed by atoms with Crippen molar-refractivity contribution in [2.24, 2.45) is 0 Å². The Labute approximate surface area is 113 Å². The number of ether oxygens (including phenoxy) is 1. The molecule has 0 fully saturated rings. The summed E-state index contributed by atoms with van der Waals surface area (Å²) in [6, 6.07) is 3.48. The molecule has 18 heavy (non-hydrogen) atoms. The standard InChI is InChI=1S/C11H17ClN2O3S/c1-8-5-11(17-4)9(6-10(8)12)7-13-18(15,16)14(2)3/h5-6,13H,7H2,1-4H3. The lowest BCUT2D eigenvalue weighted by Gasteiger charge is -2.15. The molecule has 0 aliphatic heterocycles. The molecule has 0 spiro atoms. The van der Waals surface area contributed by atoms with Gasteiger partial charge in [-0.1, -0.05) is 11.6 Å². The van der Waals surface area contributed by atoms with Crippen LogP contribution in [0.4, 0.5) is 0 Å². The Morgan fingerprint density at radius 2 is 2.00 bits per heavy atom. The summed E-state index contributed by atoms with van der Waals surface area (Å²) < 4.78 is 32.0. The topological polar surface area (TPSA) is 58.6 Å². The summed E-state index contributed by atoms with van der Waals surface area (Å²) >= 11 is 6.01. The molecule has 0 aliphatic carbocycles. The van der Waals surface area contributed by atoms with Crippen molar-refractivity contribution in [3.8, 4) is 5.75 Å². The van der Waals surface area contributed by atoms with E-state index in [2.05, 4.69) is 4.72 Å². The number of nitrogens with one attached hydrogen (secondary N) is 1. The second-order valence-electron chi connectivity index (χ2n) is 4.02. The van der Waals surface area contributed by atoms with Gasteiger partial charge in [0.25, 0.3) is 10.2 Å². The zero-order valence-corrected chi connectivity index (χ0v) is 12.4. The summed E-state index contributed by atoms with van der Waals surface area (Å²) in [5, 5.41) is 0.579. The molecular weight excluding hydrogens is 276 g/mol. The Balaban J connectivity index is 2.95. The van der Waals surface area contributed by atoms with Crippen molar-refractivity contribution in [1.82, 2.24) is 9.03 Å². The van der Waals surface area contributed by atoms with Crippen molar-refractivity contribution in [2.75, 3.05) is 21.2 Å². The third kappa shape index (κ3) is 3.58. The number of methoxy groups -OCH3 is 1. The first kappa shape index (κ1) is 15.2. The molecule has 0 unspecified atom stereocenters. The predicted octanol–water partition coefficient (Wildman–Crippen LogP) is 1.55. The number of benzene rings is 1. The molecule has 0 aromatic heterocycles. The van der Waals surface area contributed by atoms with Crippen molar-refractivity contribution in [3.63, 3.8) is 0 Å². The van der Waals surface area contributed by atoms with E-state index in [4.69, 9.17) is 16.3 Å². The van der Waals surface area contributed by atoms with Gasteiger partial charge in [0, 0.05) is 31.2 Å². The fraction of sp³-hybridized carbons (Fsp3) is 0.455. The predicted molar refractivity (Wildman–Crippen MR) is 72.2 cm³/mol. The van der Waals surface area contributed by atoms with Gasteiger partial charge in [-0.25, -0.2) is 0 Å². The van der Waals surface area contributed by atoms with E-state index in [-0.39, 0.29) is 6.54 Å². The van der Waals surface area contributed by atoms with Crippen LogP contribution in [0.3, 0.4) is 0 Å². The highest BCUT2D eigenvalue weighted by atomic mass is 35.5.